The molecule has 108 valence electrons. The van der Waals surface area contributed by atoms with Gasteiger partial charge in [0.05, 0.1) is 0 Å². The monoisotopic (exact) mass is 274 g/mol. The second kappa shape index (κ2) is 5.44. The number of hydrogen-bond acceptors (Lipinski definition) is 3. The lowest BCUT2D eigenvalue weighted by atomic mass is 10.1. The van der Waals surface area contributed by atoms with Crippen molar-refractivity contribution >= 4 is 5.91 Å². The molecule has 1 aromatic carbocycles. The SMILES string of the molecule is CCN1CCN(C(=O)C2CC2c2ccc(O)cc2)CC1. The standard InChI is InChI=1S/C16H22N2O2/c1-2-17-7-9-18(10-8-17)16(20)15-11-14(15)12-3-5-13(19)6-4-12/h3-6,14-15,19H,2,7-11H2,1H3. The van der Waals surface area contributed by atoms with Gasteiger partial charge in [-0.15, -0.1) is 0 Å². The van der Waals surface area contributed by atoms with Gasteiger partial charge in [0, 0.05) is 32.1 Å². The van der Waals surface area contributed by atoms with E-state index in [0.717, 1.165) is 39.1 Å². The summed E-state index contributed by atoms with van der Waals surface area (Å²) in [6, 6.07) is 7.27. The molecule has 1 aliphatic heterocycles. The summed E-state index contributed by atoms with van der Waals surface area (Å²) in [6.07, 6.45) is 0.956. The molecule has 2 aliphatic rings. The molecule has 1 saturated carbocycles. The maximum absolute atomic E-state index is 12.5. The Labute approximate surface area is 120 Å². The molecule has 2 atom stereocenters. The van der Waals surface area contributed by atoms with E-state index in [1.165, 1.54) is 5.56 Å². The first-order valence-electron chi connectivity index (χ1n) is 7.49. The summed E-state index contributed by atoms with van der Waals surface area (Å²) in [5.74, 6) is 1.12. The predicted molar refractivity (Wildman–Crippen MR) is 77.6 cm³/mol. The van der Waals surface area contributed by atoms with Crippen molar-refractivity contribution in [1.82, 2.24) is 9.80 Å². The lowest BCUT2D eigenvalue weighted by molar-refractivity contribution is -0.134. The summed E-state index contributed by atoms with van der Waals surface area (Å²) >= 11 is 0. The summed E-state index contributed by atoms with van der Waals surface area (Å²) in [5, 5.41) is 9.31. The minimum absolute atomic E-state index is 0.160. The highest BCUT2D eigenvalue weighted by atomic mass is 16.3. The highest BCUT2D eigenvalue weighted by Gasteiger charge is 2.45. The van der Waals surface area contributed by atoms with Crippen LogP contribution >= 0.6 is 0 Å². The molecular weight excluding hydrogens is 252 g/mol. The molecule has 4 nitrogen and oxygen atoms in total. The van der Waals surface area contributed by atoms with Crippen molar-refractivity contribution in [2.75, 3.05) is 32.7 Å². The summed E-state index contributed by atoms with van der Waals surface area (Å²) in [6.45, 7) is 6.97. The van der Waals surface area contributed by atoms with Gasteiger partial charge in [-0.25, -0.2) is 0 Å². The summed E-state index contributed by atoms with van der Waals surface area (Å²) in [4.78, 5) is 16.9. The van der Waals surface area contributed by atoms with E-state index < -0.39 is 0 Å². The van der Waals surface area contributed by atoms with Crippen molar-refractivity contribution in [2.24, 2.45) is 5.92 Å². The van der Waals surface area contributed by atoms with Crippen LogP contribution in [0.1, 0.15) is 24.8 Å². The van der Waals surface area contributed by atoms with Gasteiger partial charge in [0.2, 0.25) is 5.91 Å². The van der Waals surface area contributed by atoms with E-state index in [1.54, 1.807) is 12.1 Å². The summed E-state index contributed by atoms with van der Waals surface area (Å²) in [7, 11) is 0. The molecule has 2 unspecified atom stereocenters. The molecule has 1 saturated heterocycles. The molecule has 1 aromatic rings. The zero-order chi connectivity index (χ0) is 14.1. The van der Waals surface area contributed by atoms with E-state index in [2.05, 4.69) is 11.8 Å². The van der Waals surface area contributed by atoms with Gasteiger partial charge in [-0.05, 0) is 36.6 Å². The third kappa shape index (κ3) is 2.66. The van der Waals surface area contributed by atoms with Crippen LogP contribution < -0.4 is 0 Å². The highest BCUT2D eigenvalue weighted by Crippen LogP contribution is 2.48. The van der Waals surface area contributed by atoms with Crippen LogP contribution in [-0.2, 0) is 4.79 Å². The van der Waals surface area contributed by atoms with Crippen molar-refractivity contribution < 1.29 is 9.90 Å². The number of aromatic hydroxyl groups is 1. The van der Waals surface area contributed by atoms with Gasteiger partial charge in [-0.1, -0.05) is 19.1 Å². The average Bonchev–Trinajstić information content (AvgIpc) is 3.28. The van der Waals surface area contributed by atoms with E-state index in [9.17, 15) is 9.90 Å². The zero-order valence-corrected chi connectivity index (χ0v) is 12.0. The van der Waals surface area contributed by atoms with Crippen LogP contribution in [0.25, 0.3) is 0 Å². The lowest BCUT2D eigenvalue weighted by Gasteiger charge is -2.34. The molecule has 1 aliphatic carbocycles. The number of piperazine rings is 1. The van der Waals surface area contributed by atoms with Gasteiger partial charge < -0.3 is 14.9 Å². The largest absolute Gasteiger partial charge is 0.508 e. The molecule has 0 bridgehead atoms. The molecule has 20 heavy (non-hydrogen) atoms. The second-order valence-electron chi connectivity index (χ2n) is 5.80. The average molecular weight is 274 g/mol. The third-order valence-corrected chi connectivity index (χ3v) is 4.56. The van der Waals surface area contributed by atoms with Gasteiger partial charge in [0.25, 0.3) is 0 Å². The Kier molecular flexibility index (Phi) is 3.66. The number of hydrogen-bond donors (Lipinski definition) is 1. The van der Waals surface area contributed by atoms with Crippen LogP contribution in [0, 0.1) is 5.92 Å². The van der Waals surface area contributed by atoms with E-state index in [4.69, 9.17) is 0 Å². The molecule has 0 aromatic heterocycles. The van der Waals surface area contributed by atoms with Crippen molar-refractivity contribution in [3.63, 3.8) is 0 Å². The third-order valence-electron chi connectivity index (χ3n) is 4.56. The Morgan fingerprint density at radius 2 is 1.85 bits per heavy atom. The summed E-state index contributed by atoms with van der Waals surface area (Å²) < 4.78 is 0. The van der Waals surface area contributed by atoms with Crippen LogP contribution in [0.15, 0.2) is 24.3 Å². The molecule has 1 N–H and O–H groups in total. The molecule has 2 fully saturated rings. The second-order valence-corrected chi connectivity index (χ2v) is 5.80. The Morgan fingerprint density at radius 1 is 1.20 bits per heavy atom. The number of phenols is 1. The maximum Gasteiger partial charge on any atom is 0.226 e. The van der Waals surface area contributed by atoms with Crippen LogP contribution in [0.3, 0.4) is 0 Å². The van der Waals surface area contributed by atoms with E-state index in [1.807, 2.05) is 17.0 Å². The number of phenolic OH excluding ortho intramolecular Hbond substituents is 1. The van der Waals surface area contributed by atoms with E-state index >= 15 is 0 Å². The Balaban J connectivity index is 1.56. The predicted octanol–water partition coefficient (Wildman–Crippen LogP) is 1.66. The Hall–Kier alpha value is -1.55. The quantitative estimate of drug-likeness (QED) is 0.911. The number of amides is 1. The van der Waals surface area contributed by atoms with Crippen LogP contribution in [0.5, 0.6) is 5.75 Å². The van der Waals surface area contributed by atoms with Gasteiger partial charge in [-0.3, -0.25) is 4.79 Å². The molecule has 4 heteroatoms. The Morgan fingerprint density at radius 3 is 2.45 bits per heavy atom. The van der Waals surface area contributed by atoms with Gasteiger partial charge in [0.1, 0.15) is 5.75 Å². The fourth-order valence-electron chi connectivity index (χ4n) is 3.08. The topological polar surface area (TPSA) is 43.8 Å². The number of nitrogens with zero attached hydrogens (tertiary/aromatic N) is 2. The molecular formula is C16H22N2O2. The maximum atomic E-state index is 12.5. The summed E-state index contributed by atoms with van der Waals surface area (Å²) in [5.41, 5.74) is 1.17. The molecule has 3 rings (SSSR count). The van der Waals surface area contributed by atoms with Crippen molar-refractivity contribution in [3.05, 3.63) is 29.8 Å². The number of likely N-dealkylation sites (N-methyl/N-ethyl adjacent to an activating group) is 1. The first kappa shape index (κ1) is 13.4. The number of carbonyl (C=O) groups excluding carboxylic acids is 1. The van der Waals surface area contributed by atoms with Crippen LogP contribution in [0.4, 0.5) is 0 Å². The normalized spacial score (nSPS) is 26.6. The van der Waals surface area contributed by atoms with Gasteiger partial charge >= 0.3 is 0 Å². The first-order valence-corrected chi connectivity index (χ1v) is 7.49. The zero-order valence-electron chi connectivity index (χ0n) is 12.0. The molecule has 1 heterocycles. The van der Waals surface area contributed by atoms with Crippen LogP contribution in [-0.4, -0.2) is 53.5 Å². The minimum Gasteiger partial charge on any atom is -0.508 e. The Bertz CT molecular complexity index is 478. The van der Waals surface area contributed by atoms with Crippen molar-refractivity contribution in [3.8, 4) is 5.75 Å². The molecule has 0 spiro atoms. The lowest BCUT2D eigenvalue weighted by Crippen LogP contribution is -2.49. The van der Waals surface area contributed by atoms with Gasteiger partial charge in [-0.2, -0.15) is 0 Å². The molecule has 1 amide bonds. The number of benzene rings is 1. The number of rotatable bonds is 3. The van der Waals surface area contributed by atoms with Crippen LogP contribution in [0.2, 0.25) is 0 Å². The van der Waals surface area contributed by atoms with Crippen molar-refractivity contribution in [2.45, 2.75) is 19.3 Å². The van der Waals surface area contributed by atoms with Crippen molar-refractivity contribution in [1.29, 1.82) is 0 Å². The number of carbonyl (C=O) groups is 1. The first-order chi connectivity index (χ1) is 9.69. The fourth-order valence-corrected chi connectivity index (χ4v) is 3.08. The van der Waals surface area contributed by atoms with Gasteiger partial charge in [0.15, 0.2) is 0 Å². The minimum atomic E-state index is 0.160. The fraction of sp³-hybridized carbons (Fsp3) is 0.562. The molecule has 0 radical (unpaired) electrons. The van der Waals surface area contributed by atoms with E-state index in [0.29, 0.717) is 11.8 Å². The highest BCUT2D eigenvalue weighted by molar-refractivity contribution is 5.83. The van der Waals surface area contributed by atoms with E-state index in [-0.39, 0.29) is 11.7 Å². The smallest absolute Gasteiger partial charge is 0.226 e.